The van der Waals surface area contributed by atoms with Gasteiger partial charge in [0.1, 0.15) is 5.75 Å². The number of methoxy groups -OCH3 is 2. The second-order valence-corrected chi connectivity index (χ2v) is 7.12. The van der Waals surface area contributed by atoms with Crippen LogP contribution in [-0.4, -0.2) is 34.9 Å². The van der Waals surface area contributed by atoms with Crippen molar-refractivity contribution in [2.45, 2.75) is 12.7 Å². The lowest BCUT2D eigenvalue weighted by atomic mass is 10.1. The highest BCUT2D eigenvalue weighted by Crippen LogP contribution is 2.34. The number of ether oxygens (including phenoxy) is 2. The van der Waals surface area contributed by atoms with Crippen molar-refractivity contribution < 1.29 is 27.4 Å². The maximum Gasteiger partial charge on any atom is 0.437 e. The summed E-state index contributed by atoms with van der Waals surface area (Å²) >= 11 is 0. The molecule has 2 aromatic carbocycles. The first-order chi connectivity index (χ1) is 15.8. The van der Waals surface area contributed by atoms with Crippen LogP contribution in [0.3, 0.4) is 0 Å². The van der Waals surface area contributed by atoms with Crippen molar-refractivity contribution in [3.8, 4) is 11.6 Å². The molecule has 0 aliphatic rings. The lowest BCUT2D eigenvalue weighted by molar-refractivity contribution is -0.140. The molecule has 1 N–H and O–H groups in total. The first kappa shape index (κ1) is 22.1. The number of anilines is 1. The van der Waals surface area contributed by atoms with E-state index in [-0.39, 0.29) is 18.0 Å². The van der Waals surface area contributed by atoms with Gasteiger partial charge in [-0.1, -0.05) is 30.3 Å². The molecule has 33 heavy (non-hydrogen) atoms. The molecule has 0 bridgehead atoms. The van der Waals surface area contributed by atoms with Crippen molar-refractivity contribution in [2.24, 2.45) is 0 Å². The minimum atomic E-state index is -4.76. The van der Waals surface area contributed by atoms with Crippen LogP contribution in [0.15, 0.2) is 60.8 Å². The lowest BCUT2D eigenvalue weighted by Gasteiger charge is -2.10. The molecule has 0 aliphatic heterocycles. The van der Waals surface area contributed by atoms with Gasteiger partial charge in [-0.05, 0) is 23.8 Å². The predicted molar refractivity (Wildman–Crippen MR) is 116 cm³/mol. The maximum atomic E-state index is 13.7. The predicted octanol–water partition coefficient (Wildman–Crippen LogP) is 4.77. The Kier molecular flexibility index (Phi) is 5.91. The Bertz CT molecular complexity index is 1300. The average Bonchev–Trinajstić information content (AvgIpc) is 3.21. The first-order valence-electron chi connectivity index (χ1n) is 9.81. The van der Waals surface area contributed by atoms with Crippen LogP contribution in [0, 0.1) is 0 Å². The topological polar surface area (TPSA) is 78.3 Å². The molecule has 0 atom stereocenters. The number of nitrogens with one attached hydrogen (secondary N) is 1. The van der Waals surface area contributed by atoms with E-state index in [0.29, 0.717) is 16.7 Å². The Morgan fingerprint density at radius 1 is 1.06 bits per heavy atom. The van der Waals surface area contributed by atoms with Crippen LogP contribution in [-0.2, 0) is 12.7 Å². The van der Waals surface area contributed by atoms with E-state index in [2.05, 4.69) is 15.4 Å². The smallest absolute Gasteiger partial charge is 0.437 e. The summed E-state index contributed by atoms with van der Waals surface area (Å²) in [6, 6.07) is 15.0. The van der Waals surface area contributed by atoms with Gasteiger partial charge >= 0.3 is 6.18 Å². The fraction of sp³-hybridized carbons (Fsp3) is 0.174. The van der Waals surface area contributed by atoms with Crippen molar-refractivity contribution >= 4 is 22.5 Å². The number of hydrogen-bond donors (Lipinski definition) is 1. The summed E-state index contributed by atoms with van der Waals surface area (Å²) < 4.78 is 52.3. The number of amides is 1. The van der Waals surface area contributed by atoms with E-state index in [1.807, 2.05) is 0 Å². The van der Waals surface area contributed by atoms with E-state index in [0.717, 1.165) is 16.4 Å². The summed E-state index contributed by atoms with van der Waals surface area (Å²) in [5, 5.41) is 6.51. The number of hydrogen-bond acceptors (Lipinski definition) is 5. The number of pyridine rings is 1. The number of benzene rings is 2. The quantitative estimate of drug-likeness (QED) is 0.452. The van der Waals surface area contributed by atoms with Gasteiger partial charge in [-0.3, -0.25) is 9.48 Å². The normalized spacial score (nSPS) is 11.4. The molecule has 0 radical (unpaired) electrons. The number of halogens is 3. The molecule has 0 spiro atoms. The summed E-state index contributed by atoms with van der Waals surface area (Å²) in [5.41, 5.74) is -0.299. The number of rotatable bonds is 6. The van der Waals surface area contributed by atoms with E-state index in [4.69, 9.17) is 9.47 Å². The van der Waals surface area contributed by atoms with E-state index in [1.165, 1.54) is 20.3 Å². The minimum absolute atomic E-state index is 0.0783. The highest BCUT2D eigenvalue weighted by Gasteiger charge is 2.38. The third-order valence-corrected chi connectivity index (χ3v) is 4.93. The molecule has 0 aliphatic carbocycles. The van der Waals surface area contributed by atoms with E-state index in [1.54, 1.807) is 48.5 Å². The summed E-state index contributed by atoms with van der Waals surface area (Å²) in [5.74, 6) is 0.0645. The molecule has 4 aromatic rings. The standard InChI is InChI=1S/C23H19F3N4O3/c1-32-15-9-7-14(8-10-15)12-30-13-19(21(29-30)23(24,25)26)28-22(31)17-11-20(33-2)27-18-6-4-3-5-16(17)18/h3-11,13H,12H2,1-2H3,(H,28,31). The van der Waals surface area contributed by atoms with Gasteiger partial charge in [-0.15, -0.1) is 0 Å². The Morgan fingerprint density at radius 3 is 2.45 bits per heavy atom. The monoisotopic (exact) mass is 456 g/mol. The Hall–Kier alpha value is -4.08. The molecule has 4 rings (SSSR count). The molecule has 7 nitrogen and oxygen atoms in total. The van der Waals surface area contributed by atoms with E-state index < -0.39 is 23.5 Å². The van der Waals surface area contributed by atoms with Gasteiger partial charge in [0.25, 0.3) is 5.91 Å². The minimum Gasteiger partial charge on any atom is -0.497 e. The number of carbonyl (C=O) groups excluding carboxylic acids is 1. The number of nitrogens with zero attached hydrogens (tertiary/aromatic N) is 3. The second kappa shape index (κ2) is 8.81. The van der Waals surface area contributed by atoms with Gasteiger partial charge in [-0.25, -0.2) is 4.98 Å². The van der Waals surface area contributed by atoms with Crippen LogP contribution in [0.2, 0.25) is 0 Å². The van der Waals surface area contributed by atoms with Gasteiger partial charge in [0.05, 0.1) is 37.5 Å². The molecule has 2 aromatic heterocycles. The van der Waals surface area contributed by atoms with Gasteiger partial charge < -0.3 is 14.8 Å². The zero-order chi connectivity index (χ0) is 23.6. The molecule has 170 valence electrons. The van der Waals surface area contributed by atoms with Gasteiger partial charge in [0.15, 0.2) is 5.69 Å². The first-order valence-corrected chi connectivity index (χ1v) is 9.81. The molecule has 0 saturated carbocycles. The largest absolute Gasteiger partial charge is 0.497 e. The van der Waals surface area contributed by atoms with Crippen molar-refractivity contribution in [3.63, 3.8) is 0 Å². The molecule has 2 heterocycles. The fourth-order valence-corrected chi connectivity index (χ4v) is 3.35. The summed E-state index contributed by atoms with van der Waals surface area (Å²) in [6.07, 6.45) is -3.60. The van der Waals surface area contributed by atoms with Crippen molar-refractivity contribution in [2.75, 3.05) is 19.5 Å². The Balaban J connectivity index is 1.67. The van der Waals surface area contributed by atoms with E-state index >= 15 is 0 Å². The van der Waals surface area contributed by atoms with Crippen molar-refractivity contribution in [3.05, 3.63) is 77.6 Å². The van der Waals surface area contributed by atoms with Gasteiger partial charge in [0, 0.05) is 17.6 Å². The molecule has 0 fully saturated rings. The molecule has 1 amide bonds. The second-order valence-electron chi connectivity index (χ2n) is 7.12. The highest BCUT2D eigenvalue weighted by molar-refractivity contribution is 6.12. The molecular weight excluding hydrogens is 437 g/mol. The Morgan fingerprint density at radius 2 is 1.79 bits per heavy atom. The van der Waals surface area contributed by atoms with Crippen LogP contribution in [0.4, 0.5) is 18.9 Å². The average molecular weight is 456 g/mol. The third-order valence-electron chi connectivity index (χ3n) is 4.93. The van der Waals surface area contributed by atoms with Crippen molar-refractivity contribution in [1.82, 2.24) is 14.8 Å². The highest BCUT2D eigenvalue weighted by atomic mass is 19.4. The third kappa shape index (κ3) is 4.74. The van der Waals surface area contributed by atoms with Crippen LogP contribution < -0.4 is 14.8 Å². The molecule has 0 saturated heterocycles. The van der Waals surface area contributed by atoms with Crippen LogP contribution in [0.5, 0.6) is 11.6 Å². The molecule has 0 unspecified atom stereocenters. The van der Waals surface area contributed by atoms with Crippen molar-refractivity contribution in [1.29, 1.82) is 0 Å². The Labute approximate surface area is 186 Å². The SMILES string of the molecule is COc1ccc(Cn2cc(NC(=O)c3cc(OC)nc4ccccc34)c(C(F)(F)F)n2)cc1. The fourth-order valence-electron chi connectivity index (χ4n) is 3.35. The van der Waals surface area contributed by atoms with E-state index in [9.17, 15) is 18.0 Å². The zero-order valence-corrected chi connectivity index (χ0v) is 17.7. The number of fused-ring (bicyclic) bond motifs is 1. The summed E-state index contributed by atoms with van der Waals surface area (Å²) in [4.78, 5) is 17.3. The van der Waals surface area contributed by atoms with Gasteiger partial charge in [-0.2, -0.15) is 18.3 Å². The number of para-hydroxylation sites is 1. The zero-order valence-electron chi connectivity index (χ0n) is 17.7. The number of alkyl halides is 3. The summed E-state index contributed by atoms with van der Waals surface area (Å²) in [7, 11) is 2.92. The van der Waals surface area contributed by atoms with Crippen LogP contribution in [0.25, 0.3) is 10.9 Å². The van der Waals surface area contributed by atoms with Crippen LogP contribution >= 0.6 is 0 Å². The lowest BCUT2D eigenvalue weighted by Crippen LogP contribution is -2.16. The summed E-state index contributed by atoms with van der Waals surface area (Å²) in [6.45, 7) is 0.0783. The van der Waals surface area contributed by atoms with Crippen LogP contribution in [0.1, 0.15) is 21.6 Å². The van der Waals surface area contributed by atoms with Gasteiger partial charge in [0.2, 0.25) is 5.88 Å². The maximum absolute atomic E-state index is 13.7. The molecular formula is C23H19F3N4O3. The number of carbonyl (C=O) groups is 1. The number of aromatic nitrogens is 3. The molecule has 10 heteroatoms.